The SMILES string of the molecule is O=C(NCC1CCS(=O)(=O)C1)c1cc(C(=O)O)on1. The van der Waals surface area contributed by atoms with Crippen molar-refractivity contribution in [3.63, 3.8) is 0 Å². The molecular weight excluding hydrogens is 276 g/mol. The van der Waals surface area contributed by atoms with Crippen LogP contribution in [0.4, 0.5) is 0 Å². The van der Waals surface area contributed by atoms with Crippen molar-refractivity contribution in [2.45, 2.75) is 6.42 Å². The summed E-state index contributed by atoms with van der Waals surface area (Å²) in [7, 11) is -2.98. The van der Waals surface area contributed by atoms with E-state index in [1.54, 1.807) is 0 Å². The second kappa shape index (κ2) is 5.00. The standard InChI is InChI=1S/C10H12N2O6S/c13-9(7-3-8(10(14)15)18-12-7)11-4-6-1-2-19(16,17)5-6/h3,6H,1-2,4-5H2,(H,11,13)(H,14,15). The smallest absolute Gasteiger partial charge is 0.374 e. The van der Waals surface area contributed by atoms with Gasteiger partial charge in [-0.25, -0.2) is 13.2 Å². The minimum absolute atomic E-state index is 0.0620. The molecule has 9 heteroatoms. The second-order valence-electron chi connectivity index (χ2n) is 4.36. The topological polar surface area (TPSA) is 127 Å². The van der Waals surface area contributed by atoms with E-state index in [9.17, 15) is 18.0 Å². The summed E-state index contributed by atoms with van der Waals surface area (Å²) in [4.78, 5) is 22.2. The molecule has 1 aromatic heterocycles. The van der Waals surface area contributed by atoms with Crippen LogP contribution in [0, 0.1) is 5.92 Å². The largest absolute Gasteiger partial charge is 0.475 e. The average molecular weight is 288 g/mol. The van der Waals surface area contributed by atoms with E-state index in [2.05, 4.69) is 15.0 Å². The summed E-state index contributed by atoms with van der Waals surface area (Å²) in [5.41, 5.74) is -0.141. The molecule has 8 nitrogen and oxygen atoms in total. The lowest BCUT2D eigenvalue weighted by molar-refractivity contribution is 0.0651. The molecule has 0 saturated carbocycles. The Morgan fingerprint density at radius 3 is 2.79 bits per heavy atom. The summed E-state index contributed by atoms with van der Waals surface area (Å²) in [6, 6.07) is 1.02. The van der Waals surface area contributed by atoms with Gasteiger partial charge in [-0.15, -0.1) is 0 Å². The van der Waals surface area contributed by atoms with Crippen LogP contribution in [-0.2, 0) is 9.84 Å². The zero-order valence-corrected chi connectivity index (χ0v) is 10.6. The van der Waals surface area contributed by atoms with Crippen LogP contribution in [-0.4, -0.2) is 48.6 Å². The molecule has 1 saturated heterocycles. The van der Waals surface area contributed by atoms with Gasteiger partial charge < -0.3 is 14.9 Å². The molecule has 1 unspecified atom stereocenters. The van der Waals surface area contributed by atoms with Crippen molar-refractivity contribution in [3.8, 4) is 0 Å². The van der Waals surface area contributed by atoms with Crippen molar-refractivity contribution < 1.29 is 27.6 Å². The van der Waals surface area contributed by atoms with E-state index in [1.807, 2.05) is 0 Å². The van der Waals surface area contributed by atoms with Crippen LogP contribution in [0.2, 0.25) is 0 Å². The highest BCUT2D eigenvalue weighted by molar-refractivity contribution is 7.91. The zero-order chi connectivity index (χ0) is 14.0. The third-order valence-corrected chi connectivity index (χ3v) is 4.67. The van der Waals surface area contributed by atoms with Gasteiger partial charge in [0.1, 0.15) is 0 Å². The summed E-state index contributed by atoms with van der Waals surface area (Å²) < 4.78 is 26.9. The highest BCUT2D eigenvalue weighted by Gasteiger charge is 2.28. The van der Waals surface area contributed by atoms with Crippen LogP contribution in [0.1, 0.15) is 27.5 Å². The Morgan fingerprint density at radius 2 is 2.26 bits per heavy atom. The van der Waals surface area contributed by atoms with Crippen LogP contribution in [0.5, 0.6) is 0 Å². The number of carbonyl (C=O) groups excluding carboxylic acids is 1. The summed E-state index contributed by atoms with van der Waals surface area (Å²) in [5.74, 6) is -2.23. The Kier molecular flexibility index (Phi) is 3.56. The van der Waals surface area contributed by atoms with Crippen molar-refractivity contribution in [1.82, 2.24) is 10.5 Å². The first-order chi connectivity index (χ1) is 8.87. The van der Waals surface area contributed by atoms with Crippen LogP contribution < -0.4 is 5.32 Å². The van der Waals surface area contributed by atoms with Gasteiger partial charge in [0.15, 0.2) is 15.5 Å². The number of sulfone groups is 1. The number of rotatable bonds is 4. The number of hydrogen-bond acceptors (Lipinski definition) is 6. The number of carboxylic acid groups (broad SMARTS) is 1. The number of aromatic nitrogens is 1. The molecule has 0 aliphatic carbocycles. The van der Waals surface area contributed by atoms with E-state index in [4.69, 9.17) is 5.11 Å². The molecule has 2 rings (SSSR count). The fourth-order valence-corrected chi connectivity index (χ4v) is 3.71. The molecule has 0 spiro atoms. The maximum Gasteiger partial charge on any atom is 0.374 e. The monoisotopic (exact) mass is 288 g/mol. The number of amides is 1. The Hall–Kier alpha value is -1.90. The molecule has 0 bridgehead atoms. The van der Waals surface area contributed by atoms with Crippen LogP contribution in [0.15, 0.2) is 10.6 Å². The van der Waals surface area contributed by atoms with Gasteiger partial charge in [0.25, 0.3) is 5.91 Å². The molecule has 1 amide bonds. The van der Waals surface area contributed by atoms with Crippen LogP contribution in [0.3, 0.4) is 0 Å². The van der Waals surface area contributed by atoms with Crippen LogP contribution >= 0.6 is 0 Å². The molecule has 1 fully saturated rings. The van der Waals surface area contributed by atoms with Crippen molar-refractivity contribution >= 4 is 21.7 Å². The molecule has 104 valence electrons. The van der Waals surface area contributed by atoms with Gasteiger partial charge in [-0.1, -0.05) is 5.16 Å². The van der Waals surface area contributed by atoms with Crippen molar-refractivity contribution in [2.75, 3.05) is 18.1 Å². The first-order valence-corrected chi connectivity index (χ1v) is 7.38. The first-order valence-electron chi connectivity index (χ1n) is 5.56. The Balaban J connectivity index is 1.89. The predicted molar refractivity (Wildman–Crippen MR) is 62.6 cm³/mol. The van der Waals surface area contributed by atoms with Gasteiger partial charge in [-0.05, 0) is 12.3 Å². The lowest BCUT2D eigenvalue weighted by Crippen LogP contribution is -2.30. The zero-order valence-electron chi connectivity index (χ0n) is 9.83. The number of carbonyl (C=O) groups is 2. The minimum atomic E-state index is -2.98. The maximum atomic E-state index is 11.6. The number of aromatic carboxylic acids is 1. The molecule has 2 N–H and O–H groups in total. The van der Waals surface area contributed by atoms with E-state index in [0.29, 0.717) is 6.42 Å². The summed E-state index contributed by atoms with van der Waals surface area (Å²) in [6.45, 7) is 0.216. The van der Waals surface area contributed by atoms with Gasteiger partial charge in [0, 0.05) is 12.6 Å². The van der Waals surface area contributed by atoms with Gasteiger partial charge in [-0.3, -0.25) is 4.79 Å². The van der Waals surface area contributed by atoms with Crippen molar-refractivity contribution in [1.29, 1.82) is 0 Å². The maximum absolute atomic E-state index is 11.6. The summed E-state index contributed by atoms with van der Waals surface area (Å²) in [6.07, 6.45) is 0.516. The fourth-order valence-electron chi connectivity index (χ4n) is 1.84. The summed E-state index contributed by atoms with van der Waals surface area (Å²) >= 11 is 0. The molecule has 19 heavy (non-hydrogen) atoms. The molecule has 2 heterocycles. The fraction of sp³-hybridized carbons (Fsp3) is 0.500. The highest BCUT2D eigenvalue weighted by Crippen LogP contribution is 2.17. The third kappa shape index (κ3) is 3.31. The number of carboxylic acids is 1. The lowest BCUT2D eigenvalue weighted by Gasteiger charge is -2.07. The predicted octanol–water partition coefficient (Wildman–Crippen LogP) is -0.463. The summed E-state index contributed by atoms with van der Waals surface area (Å²) in [5, 5.41) is 14.4. The van der Waals surface area contributed by atoms with Gasteiger partial charge in [0.05, 0.1) is 11.5 Å². The molecule has 1 aliphatic heterocycles. The molecule has 0 radical (unpaired) electrons. The quantitative estimate of drug-likeness (QED) is 0.767. The Labute approximate surface area is 108 Å². The number of nitrogens with one attached hydrogen (secondary N) is 1. The highest BCUT2D eigenvalue weighted by atomic mass is 32.2. The molecule has 1 aliphatic rings. The van der Waals surface area contributed by atoms with E-state index in [-0.39, 0.29) is 29.7 Å². The molecule has 1 aromatic rings. The Morgan fingerprint density at radius 1 is 1.53 bits per heavy atom. The van der Waals surface area contributed by atoms with Crippen molar-refractivity contribution in [2.24, 2.45) is 5.92 Å². The second-order valence-corrected chi connectivity index (χ2v) is 6.59. The normalized spacial score (nSPS) is 21.2. The van der Waals surface area contributed by atoms with Gasteiger partial charge in [-0.2, -0.15) is 0 Å². The first kappa shape index (κ1) is 13.5. The van der Waals surface area contributed by atoms with Crippen LogP contribution in [0.25, 0.3) is 0 Å². The third-order valence-electron chi connectivity index (χ3n) is 2.83. The van der Waals surface area contributed by atoms with Crippen molar-refractivity contribution in [3.05, 3.63) is 17.5 Å². The molecular formula is C10H12N2O6S. The molecule has 1 atom stereocenters. The van der Waals surface area contributed by atoms with Gasteiger partial charge >= 0.3 is 5.97 Å². The van der Waals surface area contributed by atoms with Gasteiger partial charge in [0.2, 0.25) is 5.76 Å². The van der Waals surface area contributed by atoms with E-state index in [1.165, 1.54) is 0 Å². The minimum Gasteiger partial charge on any atom is -0.475 e. The molecule has 0 aromatic carbocycles. The number of nitrogens with zero attached hydrogens (tertiary/aromatic N) is 1. The van der Waals surface area contributed by atoms with E-state index in [0.717, 1.165) is 6.07 Å². The Bertz CT molecular complexity index is 605. The van der Waals surface area contributed by atoms with E-state index >= 15 is 0 Å². The van der Waals surface area contributed by atoms with E-state index < -0.39 is 27.5 Å². The number of hydrogen-bond donors (Lipinski definition) is 2. The average Bonchev–Trinajstić information content (AvgIpc) is 2.92. The lowest BCUT2D eigenvalue weighted by atomic mass is 10.1.